The van der Waals surface area contributed by atoms with Crippen LogP contribution in [0.3, 0.4) is 0 Å². The molecule has 3 rings (SSSR count). The van der Waals surface area contributed by atoms with E-state index in [0.717, 1.165) is 17.8 Å². The van der Waals surface area contributed by atoms with Crippen molar-refractivity contribution in [2.45, 2.75) is 76.0 Å². The van der Waals surface area contributed by atoms with E-state index in [1.807, 2.05) is 39.0 Å². The van der Waals surface area contributed by atoms with Gasteiger partial charge in [0.15, 0.2) is 0 Å². The molecule has 0 spiro atoms. The van der Waals surface area contributed by atoms with Crippen LogP contribution in [0.25, 0.3) is 5.69 Å². The van der Waals surface area contributed by atoms with Gasteiger partial charge < -0.3 is 5.32 Å². The first-order valence-corrected chi connectivity index (χ1v) is 11.9. The number of nitrogens with zero attached hydrogens (tertiary/aromatic N) is 2. The summed E-state index contributed by atoms with van der Waals surface area (Å²) < 4.78 is 1.41. The van der Waals surface area contributed by atoms with Crippen molar-refractivity contribution in [3.63, 3.8) is 0 Å². The highest BCUT2D eigenvalue weighted by atomic mass is 32.2. The van der Waals surface area contributed by atoms with E-state index in [1.54, 1.807) is 6.07 Å². The molecule has 1 aliphatic carbocycles. The predicted octanol–water partition coefficient (Wildman–Crippen LogP) is 4.81. The molecule has 1 aliphatic rings. The maximum absolute atomic E-state index is 12.6. The molecule has 1 aromatic carbocycles. The van der Waals surface area contributed by atoms with Crippen molar-refractivity contribution in [2.24, 2.45) is 5.92 Å². The van der Waals surface area contributed by atoms with E-state index < -0.39 is 0 Å². The highest BCUT2D eigenvalue weighted by molar-refractivity contribution is 8.00. The van der Waals surface area contributed by atoms with E-state index in [1.165, 1.54) is 73.0 Å². The quantitative estimate of drug-likeness (QED) is 0.672. The molecule has 1 aromatic heterocycles. The average Bonchev–Trinajstić information content (AvgIpc) is 2.70. The van der Waals surface area contributed by atoms with Crippen molar-refractivity contribution in [3.8, 4) is 5.69 Å². The maximum Gasteiger partial charge on any atom is 0.271 e. The number of aromatic nitrogens is 2. The zero-order valence-electron chi connectivity index (χ0n) is 18.3. The van der Waals surface area contributed by atoms with Crippen molar-refractivity contribution in [3.05, 3.63) is 51.8 Å². The lowest BCUT2D eigenvalue weighted by Gasteiger charge is -2.21. The Kier molecular flexibility index (Phi) is 8.14. The van der Waals surface area contributed by atoms with Gasteiger partial charge in [-0.2, -0.15) is 9.78 Å². The van der Waals surface area contributed by atoms with E-state index in [-0.39, 0.29) is 16.7 Å². The molecule has 0 unspecified atom stereocenters. The minimum absolute atomic E-state index is 0.0350. The molecule has 1 fully saturated rings. The number of nitrogens with one attached hydrogen (secondary N) is 1. The van der Waals surface area contributed by atoms with Crippen molar-refractivity contribution >= 4 is 17.7 Å². The maximum atomic E-state index is 12.6. The van der Waals surface area contributed by atoms with Gasteiger partial charge in [0.2, 0.25) is 5.91 Å². The Bertz CT molecular complexity index is 917. The summed E-state index contributed by atoms with van der Waals surface area (Å²) in [5.41, 5.74) is 2.85. The fourth-order valence-electron chi connectivity index (χ4n) is 3.87. The lowest BCUT2D eigenvalue weighted by Crippen LogP contribution is -2.35. The van der Waals surface area contributed by atoms with E-state index in [4.69, 9.17) is 0 Å². The largest absolute Gasteiger partial charge is 0.355 e. The molecule has 0 saturated heterocycles. The number of rotatable bonds is 6. The van der Waals surface area contributed by atoms with Gasteiger partial charge in [-0.05, 0) is 68.9 Å². The molecule has 1 N–H and O–H groups in total. The van der Waals surface area contributed by atoms with Gasteiger partial charge in [0.05, 0.1) is 10.9 Å². The molecular weight excluding hydrogens is 394 g/mol. The summed E-state index contributed by atoms with van der Waals surface area (Å²) in [5.74, 6) is 0.629. The highest BCUT2D eigenvalue weighted by Crippen LogP contribution is 2.23. The van der Waals surface area contributed by atoms with Crippen molar-refractivity contribution in [1.82, 2.24) is 15.1 Å². The predicted molar refractivity (Wildman–Crippen MR) is 123 cm³/mol. The van der Waals surface area contributed by atoms with Crippen LogP contribution in [0.1, 0.15) is 63.0 Å². The van der Waals surface area contributed by atoms with Crippen LogP contribution in [0.5, 0.6) is 0 Å². The summed E-state index contributed by atoms with van der Waals surface area (Å²) in [6, 6.07) is 9.07. The van der Waals surface area contributed by atoms with E-state index in [9.17, 15) is 9.59 Å². The van der Waals surface area contributed by atoms with Crippen LogP contribution < -0.4 is 10.9 Å². The summed E-state index contributed by atoms with van der Waals surface area (Å²) in [6.45, 7) is 6.72. The topological polar surface area (TPSA) is 64.0 Å². The molecule has 5 nitrogen and oxygen atoms in total. The molecule has 1 saturated carbocycles. The van der Waals surface area contributed by atoms with Crippen LogP contribution in [-0.4, -0.2) is 27.5 Å². The average molecular weight is 428 g/mol. The lowest BCUT2D eigenvalue weighted by atomic mass is 9.91. The Hall–Kier alpha value is -2.08. The second kappa shape index (κ2) is 10.8. The molecule has 0 aliphatic heterocycles. The molecule has 30 heavy (non-hydrogen) atoms. The monoisotopic (exact) mass is 427 g/mol. The van der Waals surface area contributed by atoms with Crippen LogP contribution in [0.15, 0.2) is 40.2 Å². The molecule has 0 bridgehead atoms. The number of thioether (sulfide) groups is 1. The smallest absolute Gasteiger partial charge is 0.271 e. The normalized spacial score (nSPS) is 16.5. The van der Waals surface area contributed by atoms with Crippen LogP contribution in [0, 0.1) is 19.8 Å². The van der Waals surface area contributed by atoms with Crippen LogP contribution in [-0.2, 0) is 4.79 Å². The Morgan fingerprint density at radius 1 is 1.10 bits per heavy atom. The van der Waals surface area contributed by atoms with Gasteiger partial charge in [0, 0.05) is 12.6 Å². The first-order chi connectivity index (χ1) is 14.4. The fourth-order valence-corrected chi connectivity index (χ4v) is 4.70. The third-order valence-electron chi connectivity index (χ3n) is 5.97. The summed E-state index contributed by atoms with van der Waals surface area (Å²) >= 11 is 1.39. The zero-order valence-corrected chi connectivity index (χ0v) is 19.1. The van der Waals surface area contributed by atoms with E-state index in [0.29, 0.717) is 10.9 Å². The Morgan fingerprint density at radius 2 is 1.80 bits per heavy atom. The number of carbonyl (C=O) groups is 1. The van der Waals surface area contributed by atoms with Crippen molar-refractivity contribution < 1.29 is 4.79 Å². The SMILES string of the molecule is Cc1ccc(-n2nc(S[C@H](C)C(=O)NCC3CCCCCCC3)ccc2=O)cc1C. The fraction of sp³-hybridized carbons (Fsp3) is 0.542. The Balaban J connectivity index is 1.61. The third-order valence-corrected chi connectivity index (χ3v) is 6.99. The van der Waals surface area contributed by atoms with Gasteiger partial charge >= 0.3 is 0 Å². The van der Waals surface area contributed by atoms with Crippen LogP contribution >= 0.6 is 11.8 Å². The summed E-state index contributed by atoms with van der Waals surface area (Å²) in [6.07, 6.45) is 8.96. The number of carbonyl (C=O) groups excluding carboxylic acids is 1. The second-order valence-corrected chi connectivity index (χ2v) is 9.77. The lowest BCUT2D eigenvalue weighted by molar-refractivity contribution is -0.120. The molecule has 6 heteroatoms. The summed E-state index contributed by atoms with van der Waals surface area (Å²) in [5, 5.41) is 8.03. The molecule has 162 valence electrons. The third kappa shape index (κ3) is 6.21. The highest BCUT2D eigenvalue weighted by Gasteiger charge is 2.18. The Labute approximate surface area is 183 Å². The second-order valence-electron chi connectivity index (χ2n) is 8.41. The standard InChI is InChI=1S/C24H33N3O2S/c1-17-11-12-21(15-18(17)2)27-23(28)14-13-22(26-27)30-19(3)24(29)25-16-20-9-7-5-4-6-8-10-20/h11-15,19-20H,4-10,16H2,1-3H3,(H,25,29)/t19-/m1/s1. The summed E-state index contributed by atoms with van der Waals surface area (Å²) in [7, 11) is 0. The Morgan fingerprint density at radius 3 is 2.50 bits per heavy atom. The minimum atomic E-state index is -0.267. The van der Waals surface area contributed by atoms with Gasteiger partial charge in [-0.3, -0.25) is 9.59 Å². The number of aryl methyl sites for hydroxylation is 2. The van der Waals surface area contributed by atoms with E-state index >= 15 is 0 Å². The van der Waals surface area contributed by atoms with Crippen LogP contribution in [0.4, 0.5) is 0 Å². The van der Waals surface area contributed by atoms with Crippen molar-refractivity contribution in [2.75, 3.05) is 6.54 Å². The van der Waals surface area contributed by atoms with Gasteiger partial charge in [-0.1, -0.05) is 49.9 Å². The summed E-state index contributed by atoms with van der Waals surface area (Å²) in [4.78, 5) is 24.9. The van der Waals surface area contributed by atoms with Crippen LogP contribution in [0.2, 0.25) is 0 Å². The first kappa shape index (κ1) is 22.6. The van der Waals surface area contributed by atoms with E-state index in [2.05, 4.69) is 10.4 Å². The number of amides is 1. The molecule has 1 atom stereocenters. The first-order valence-electron chi connectivity index (χ1n) is 11.1. The number of benzene rings is 1. The molecule has 0 radical (unpaired) electrons. The van der Waals surface area contributed by atoms with Crippen molar-refractivity contribution in [1.29, 1.82) is 0 Å². The molecular formula is C24H33N3O2S. The van der Waals surface area contributed by atoms with Gasteiger partial charge in [-0.15, -0.1) is 0 Å². The number of hydrogen-bond acceptors (Lipinski definition) is 4. The molecule has 1 amide bonds. The molecule has 2 aromatic rings. The number of hydrogen-bond donors (Lipinski definition) is 1. The minimum Gasteiger partial charge on any atom is -0.355 e. The van der Waals surface area contributed by atoms with Gasteiger partial charge in [-0.25, -0.2) is 0 Å². The zero-order chi connectivity index (χ0) is 21.5. The molecule has 1 heterocycles. The van der Waals surface area contributed by atoms with Gasteiger partial charge in [0.25, 0.3) is 5.56 Å². The van der Waals surface area contributed by atoms with Gasteiger partial charge in [0.1, 0.15) is 5.03 Å².